The third kappa shape index (κ3) is 4.10. The standard InChI is InChI=1S/C12H23N5S/c1-17(10-6-3-2-4-7-10)9-5-8-14-12-15-11(13)16-18-12/h10H,2-9H2,1H3,(H3,13,14,15,16). The molecule has 0 aromatic carbocycles. The number of anilines is 2. The van der Waals surface area contributed by atoms with Gasteiger partial charge in [0.2, 0.25) is 11.1 Å². The summed E-state index contributed by atoms with van der Waals surface area (Å²) < 4.78 is 3.94. The zero-order valence-corrected chi connectivity index (χ0v) is 11.9. The molecule has 1 saturated carbocycles. The Morgan fingerprint density at radius 1 is 1.39 bits per heavy atom. The van der Waals surface area contributed by atoms with Gasteiger partial charge >= 0.3 is 0 Å². The lowest BCUT2D eigenvalue weighted by Crippen LogP contribution is -2.34. The molecule has 1 heterocycles. The summed E-state index contributed by atoms with van der Waals surface area (Å²) in [6.07, 6.45) is 8.10. The van der Waals surface area contributed by atoms with Gasteiger partial charge in [0.25, 0.3) is 0 Å². The summed E-state index contributed by atoms with van der Waals surface area (Å²) in [6, 6.07) is 0.802. The Bertz CT molecular complexity index is 348. The predicted molar refractivity (Wildman–Crippen MR) is 76.9 cm³/mol. The van der Waals surface area contributed by atoms with Gasteiger partial charge in [0.15, 0.2) is 0 Å². The van der Waals surface area contributed by atoms with Crippen LogP contribution >= 0.6 is 11.5 Å². The third-order valence-electron chi connectivity index (χ3n) is 3.60. The number of nitrogens with two attached hydrogens (primary N) is 1. The highest BCUT2D eigenvalue weighted by Crippen LogP contribution is 2.21. The summed E-state index contributed by atoms with van der Waals surface area (Å²) in [4.78, 5) is 6.59. The van der Waals surface area contributed by atoms with Gasteiger partial charge in [-0.2, -0.15) is 9.36 Å². The molecule has 102 valence electrons. The molecule has 1 aliphatic rings. The van der Waals surface area contributed by atoms with Crippen molar-refractivity contribution in [3.8, 4) is 0 Å². The fourth-order valence-corrected chi connectivity index (χ4v) is 3.06. The lowest BCUT2D eigenvalue weighted by Gasteiger charge is -2.31. The molecule has 1 aromatic heterocycles. The topological polar surface area (TPSA) is 67.1 Å². The van der Waals surface area contributed by atoms with E-state index in [9.17, 15) is 0 Å². The van der Waals surface area contributed by atoms with E-state index in [1.807, 2.05) is 0 Å². The van der Waals surface area contributed by atoms with Crippen LogP contribution in [-0.2, 0) is 0 Å². The Morgan fingerprint density at radius 3 is 2.83 bits per heavy atom. The zero-order chi connectivity index (χ0) is 12.8. The van der Waals surface area contributed by atoms with E-state index in [0.29, 0.717) is 5.95 Å². The van der Waals surface area contributed by atoms with Gasteiger partial charge in [-0.25, -0.2) is 0 Å². The van der Waals surface area contributed by atoms with Gasteiger partial charge in [-0.15, -0.1) is 0 Å². The first-order chi connectivity index (χ1) is 8.75. The van der Waals surface area contributed by atoms with E-state index < -0.39 is 0 Å². The molecular formula is C12H23N5S. The molecule has 1 aliphatic carbocycles. The summed E-state index contributed by atoms with van der Waals surface area (Å²) in [7, 11) is 2.25. The van der Waals surface area contributed by atoms with Crippen LogP contribution in [-0.4, -0.2) is 40.4 Å². The normalized spacial score (nSPS) is 17.2. The van der Waals surface area contributed by atoms with E-state index in [1.165, 1.54) is 43.6 Å². The van der Waals surface area contributed by atoms with Crippen LogP contribution in [0.5, 0.6) is 0 Å². The van der Waals surface area contributed by atoms with Crippen LogP contribution in [0.3, 0.4) is 0 Å². The quantitative estimate of drug-likeness (QED) is 0.775. The van der Waals surface area contributed by atoms with Crippen molar-refractivity contribution in [2.45, 2.75) is 44.6 Å². The van der Waals surface area contributed by atoms with Crippen molar-refractivity contribution in [2.24, 2.45) is 0 Å². The molecule has 0 radical (unpaired) electrons. The SMILES string of the molecule is CN(CCCNc1nc(N)ns1)C1CCCCC1. The highest BCUT2D eigenvalue weighted by molar-refractivity contribution is 7.09. The van der Waals surface area contributed by atoms with E-state index in [0.717, 1.165) is 30.7 Å². The minimum atomic E-state index is 0.363. The van der Waals surface area contributed by atoms with Gasteiger partial charge < -0.3 is 16.0 Å². The van der Waals surface area contributed by atoms with Crippen molar-refractivity contribution in [3.63, 3.8) is 0 Å². The van der Waals surface area contributed by atoms with E-state index in [4.69, 9.17) is 5.73 Å². The summed E-state index contributed by atoms with van der Waals surface area (Å²) >= 11 is 1.33. The molecule has 0 spiro atoms. The predicted octanol–water partition coefficient (Wildman–Crippen LogP) is 2.19. The van der Waals surface area contributed by atoms with Crippen LogP contribution in [0.4, 0.5) is 11.1 Å². The molecular weight excluding hydrogens is 246 g/mol. The van der Waals surface area contributed by atoms with Gasteiger partial charge in [-0.3, -0.25) is 0 Å². The van der Waals surface area contributed by atoms with Gasteiger partial charge in [-0.05, 0) is 32.9 Å². The van der Waals surface area contributed by atoms with Crippen LogP contribution in [0.1, 0.15) is 38.5 Å². The van der Waals surface area contributed by atoms with Crippen LogP contribution in [0.15, 0.2) is 0 Å². The second-order valence-electron chi connectivity index (χ2n) is 5.01. The first kappa shape index (κ1) is 13.5. The fraction of sp³-hybridized carbons (Fsp3) is 0.833. The van der Waals surface area contributed by atoms with Gasteiger partial charge in [0.1, 0.15) is 0 Å². The monoisotopic (exact) mass is 269 g/mol. The van der Waals surface area contributed by atoms with Crippen LogP contribution < -0.4 is 11.1 Å². The van der Waals surface area contributed by atoms with E-state index in [-0.39, 0.29) is 0 Å². The third-order valence-corrected chi connectivity index (χ3v) is 4.29. The molecule has 2 rings (SSSR count). The number of nitrogen functional groups attached to an aromatic ring is 1. The summed E-state index contributed by atoms with van der Waals surface area (Å²) in [5, 5.41) is 4.09. The lowest BCUT2D eigenvalue weighted by atomic mass is 9.94. The summed E-state index contributed by atoms with van der Waals surface area (Å²) in [5.41, 5.74) is 5.47. The average Bonchev–Trinajstić information content (AvgIpc) is 2.81. The van der Waals surface area contributed by atoms with Gasteiger partial charge in [0, 0.05) is 24.1 Å². The molecule has 6 heteroatoms. The zero-order valence-electron chi connectivity index (χ0n) is 11.1. The maximum absolute atomic E-state index is 5.47. The minimum Gasteiger partial charge on any atom is -0.367 e. The van der Waals surface area contributed by atoms with Crippen molar-refractivity contribution in [2.75, 3.05) is 31.2 Å². The van der Waals surface area contributed by atoms with Crippen LogP contribution in [0, 0.1) is 0 Å². The highest BCUT2D eigenvalue weighted by Gasteiger charge is 2.17. The van der Waals surface area contributed by atoms with Gasteiger partial charge in [0.05, 0.1) is 0 Å². The number of nitrogens with zero attached hydrogens (tertiary/aromatic N) is 3. The largest absolute Gasteiger partial charge is 0.367 e. The number of hydrogen-bond donors (Lipinski definition) is 2. The highest BCUT2D eigenvalue weighted by atomic mass is 32.1. The molecule has 0 amide bonds. The lowest BCUT2D eigenvalue weighted by molar-refractivity contribution is 0.191. The average molecular weight is 269 g/mol. The van der Waals surface area contributed by atoms with E-state index in [1.54, 1.807) is 0 Å². The molecule has 0 aliphatic heterocycles. The Labute approximate surface area is 113 Å². The number of nitrogens with one attached hydrogen (secondary N) is 1. The first-order valence-electron chi connectivity index (χ1n) is 6.79. The van der Waals surface area contributed by atoms with Crippen molar-refractivity contribution < 1.29 is 0 Å². The van der Waals surface area contributed by atoms with Crippen molar-refractivity contribution in [1.29, 1.82) is 0 Å². The summed E-state index contributed by atoms with van der Waals surface area (Å²) in [5.74, 6) is 0.363. The Morgan fingerprint density at radius 2 is 2.17 bits per heavy atom. The minimum absolute atomic E-state index is 0.363. The molecule has 1 fully saturated rings. The maximum Gasteiger partial charge on any atom is 0.233 e. The number of hydrogen-bond acceptors (Lipinski definition) is 6. The van der Waals surface area contributed by atoms with Gasteiger partial charge in [-0.1, -0.05) is 19.3 Å². The molecule has 3 N–H and O–H groups in total. The molecule has 0 unspecified atom stereocenters. The van der Waals surface area contributed by atoms with Crippen LogP contribution in [0.2, 0.25) is 0 Å². The van der Waals surface area contributed by atoms with E-state index in [2.05, 4.69) is 26.6 Å². The molecule has 5 nitrogen and oxygen atoms in total. The van der Waals surface area contributed by atoms with Crippen molar-refractivity contribution in [3.05, 3.63) is 0 Å². The van der Waals surface area contributed by atoms with Crippen molar-refractivity contribution in [1.82, 2.24) is 14.3 Å². The summed E-state index contributed by atoms with van der Waals surface area (Å²) in [6.45, 7) is 2.08. The molecule has 0 atom stereocenters. The van der Waals surface area contributed by atoms with E-state index >= 15 is 0 Å². The Kier molecular flexibility index (Phi) is 5.19. The number of aromatic nitrogens is 2. The maximum atomic E-state index is 5.47. The fourth-order valence-electron chi connectivity index (χ4n) is 2.53. The first-order valence-corrected chi connectivity index (χ1v) is 7.56. The molecule has 0 bridgehead atoms. The Balaban J connectivity index is 1.59. The molecule has 1 aromatic rings. The van der Waals surface area contributed by atoms with Crippen molar-refractivity contribution >= 4 is 22.6 Å². The number of rotatable bonds is 6. The molecule has 0 saturated heterocycles. The smallest absolute Gasteiger partial charge is 0.233 e. The molecule has 18 heavy (non-hydrogen) atoms. The second-order valence-corrected chi connectivity index (χ2v) is 5.76. The Hall–Kier alpha value is -0.880. The van der Waals surface area contributed by atoms with Crippen LogP contribution in [0.25, 0.3) is 0 Å². The second kappa shape index (κ2) is 6.89.